The summed E-state index contributed by atoms with van der Waals surface area (Å²) in [5, 5.41) is 18.2. The summed E-state index contributed by atoms with van der Waals surface area (Å²) in [5.41, 5.74) is 1.58. The van der Waals surface area contributed by atoms with Gasteiger partial charge in [-0.25, -0.2) is 9.67 Å². The van der Waals surface area contributed by atoms with Crippen LogP contribution in [0, 0.1) is 5.41 Å². The molecule has 2 aromatic rings. The number of hydrogen-bond acceptors (Lipinski definition) is 6. The molecule has 0 amide bonds. The summed E-state index contributed by atoms with van der Waals surface area (Å²) < 4.78 is 2.07. The lowest BCUT2D eigenvalue weighted by molar-refractivity contribution is 0.104. The van der Waals surface area contributed by atoms with Gasteiger partial charge in [-0.1, -0.05) is 33.1 Å². The average molecular weight is 417 g/mol. The molecule has 2 heterocycles. The number of rotatable bonds is 8. The highest BCUT2D eigenvalue weighted by Crippen LogP contribution is 2.48. The number of aryl methyl sites for hydroxylation is 2. The third-order valence-corrected chi connectivity index (χ3v) is 8.46. The molecule has 29 heavy (non-hydrogen) atoms. The number of hydrogen-bond donors (Lipinski definition) is 1. The maximum absolute atomic E-state index is 4.97. The monoisotopic (exact) mass is 416 g/mol. The van der Waals surface area contributed by atoms with E-state index in [-0.39, 0.29) is 11.5 Å². The summed E-state index contributed by atoms with van der Waals surface area (Å²) in [6.07, 6.45) is 13.6. The lowest BCUT2D eigenvalue weighted by atomic mass is 9.67. The quantitative estimate of drug-likeness (QED) is 0.643. The van der Waals surface area contributed by atoms with E-state index in [1.807, 2.05) is 11.3 Å². The first-order chi connectivity index (χ1) is 14.2. The summed E-state index contributed by atoms with van der Waals surface area (Å²) in [5.74, 6) is 1.02. The van der Waals surface area contributed by atoms with Crippen molar-refractivity contribution in [3.8, 4) is 0 Å². The fourth-order valence-corrected chi connectivity index (χ4v) is 6.34. The Hall–Kier alpha value is -1.34. The first-order valence-electron chi connectivity index (χ1n) is 11.7. The van der Waals surface area contributed by atoms with Crippen molar-refractivity contribution in [2.24, 2.45) is 5.41 Å². The summed E-state index contributed by atoms with van der Waals surface area (Å²) in [6.45, 7) is 7.58. The van der Waals surface area contributed by atoms with E-state index in [0.29, 0.717) is 6.04 Å². The predicted molar refractivity (Wildman–Crippen MR) is 117 cm³/mol. The number of tetrazole rings is 1. The Morgan fingerprint density at radius 3 is 2.62 bits per heavy atom. The van der Waals surface area contributed by atoms with Crippen molar-refractivity contribution in [1.82, 2.24) is 30.5 Å². The Kier molecular flexibility index (Phi) is 6.64. The molecule has 2 aliphatic rings. The number of aromatic nitrogens is 5. The molecular formula is C22H36N6S. The van der Waals surface area contributed by atoms with Gasteiger partial charge in [0.15, 0.2) is 5.82 Å². The number of nitrogens with zero attached hydrogens (tertiary/aromatic N) is 5. The molecule has 0 radical (unpaired) electrons. The van der Waals surface area contributed by atoms with Crippen molar-refractivity contribution in [1.29, 1.82) is 0 Å². The third-order valence-electron chi connectivity index (χ3n) is 7.30. The normalized spacial score (nSPS) is 20.9. The molecule has 4 rings (SSSR count). The van der Waals surface area contributed by atoms with E-state index in [9.17, 15) is 0 Å². The minimum absolute atomic E-state index is 0.178. The fraction of sp³-hybridized carbons (Fsp3) is 0.818. The Bertz CT molecular complexity index is 768. The lowest BCUT2D eigenvalue weighted by Crippen LogP contribution is -2.41. The SMILES string of the molecule is CCC(C)n1nnnc1C(NCc1nc2c(s1)CCCC2)C1(CC)CCCCC1. The van der Waals surface area contributed by atoms with Crippen LogP contribution < -0.4 is 5.32 Å². The van der Waals surface area contributed by atoms with Crippen LogP contribution in [0.1, 0.15) is 112 Å². The second kappa shape index (κ2) is 9.21. The maximum Gasteiger partial charge on any atom is 0.169 e. The van der Waals surface area contributed by atoms with Gasteiger partial charge in [-0.05, 0) is 74.1 Å². The van der Waals surface area contributed by atoms with Crippen LogP contribution >= 0.6 is 11.3 Å². The van der Waals surface area contributed by atoms with E-state index < -0.39 is 0 Å². The first-order valence-corrected chi connectivity index (χ1v) is 12.5. The highest BCUT2D eigenvalue weighted by Gasteiger charge is 2.42. The van der Waals surface area contributed by atoms with Crippen molar-refractivity contribution in [2.75, 3.05) is 0 Å². The standard InChI is InChI=1S/C22H36N6S/c1-4-16(3)28-21(25-26-27-28)20(22(5-2)13-9-6-10-14-22)23-15-19-24-17-11-7-8-12-18(17)29-19/h16,20,23H,4-15H2,1-3H3. The average Bonchev–Trinajstić information content (AvgIpc) is 3.41. The number of thiazole rings is 1. The van der Waals surface area contributed by atoms with E-state index in [0.717, 1.165) is 31.6 Å². The molecule has 2 aromatic heterocycles. The molecule has 2 aliphatic carbocycles. The van der Waals surface area contributed by atoms with Gasteiger partial charge in [0.25, 0.3) is 0 Å². The zero-order chi connectivity index (χ0) is 20.3. The molecule has 2 atom stereocenters. The second-order valence-electron chi connectivity index (χ2n) is 9.01. The van der Waals surface area contributed by atoms with Gasteiger partial charge in [-0.15, -0.1) is 16.4 Å². The van der Waals surface area contributed by atoms with Gasteiger partial charge >= 0.3 is 0 Å². The largest absolute Gasteiger partial charge is 0.300 e. The van der Waals surface area contributed by atoms with E-state index in [1.54, 1.807) is 0 Å². The fourth-order valence-electron chi connectivity index (χ4n) is 5.23. The van der Waals surface area contributed by atoms with Crippen LogP contribution in [-0.4, -0.2) is 25.2 Å². The van der Waals surface area contributed by atoms with E-state index >= 15 is 0 Å². The summed E-state index contributed by atoms with van der Waals surface area (Å²) in [4.78, 5) is 6.48. The van der Waals surface area contributed by atoms with Crippen molar-refractivity contribution < 1.29 is 0 Å². The van der Waals surface area contributed by atoms with E-state index in [1.165, 1.54) is 66.9 Å². The molecular weight excluding hydrogens is 380 g/mol. The first kappa shape index (κ1) is 20.9. The van der Waals surface area contributed by atoms with Crippen LogP contribution in [-0.2, 0) is 19.4 Å². The molecule has 0 saturated heterocycles. The van der Waals surface area contributed by atoms with Crippen LogP contribution in [0.3, 0.4) is 0 Å². The van der Waals surface area contributed by atoms with Gasteiger partial charge in [-0.2, -0.15) is 0 Å². The minimum Gasteiger partial charge on any atom is -0.300 e. The topological polar surface area (TPSA) is 68.5 Å². The van der Waals surface area contributed by atoms with Crippen LogP contribution in [0.25, 0.3) is 0 Å². The molecule has 0 aliphatic heterocycles. The molecule has 0 bridgehead atoms. The zero-order valence-electron chi connectivity index (χ0n) is 18.3. The van der Waals surface area contributed by atoms with Crippen molar-refractivity contribution in [2.45, 2.75) is 110 Å². The van der Waals surface area contributed by atoms with Gasteiger partial charge in [-0.3, -0.25) is 0 Å². The summed E-state index contributed by atoms with van der Waals surface area (Å²) in [7, 11) is 0. The Morgan fingerprint density at radius 2 is 1.90 bits per heavy atom. The minimum atomic E-state index is 0.178. The molecule has 1 N–H and O–H groups in total. The number of fused-ring (bicyclic) bond motifs is 1. The molecule has 1 saturated carbocycles. The van der Waals surface area contributed by atoms with Crippen molar-refractivity contribution >= 4 is 11.3 Å². The van der Waals surface area contributed by atoms with Gasteiger partial charge in [0.2, 0.25) is 0 Å². The number of nitrogens with one attached hydrogen (secondary N) is 1. The third kappa shape index (κ3) is 4.26. The lowest BCUT2D eigenvalue weighted by Gasteiger charge is -2.43. The molecule has 7 heteroatoms. The molecule has 0 spiro atoms. The molecule has 1 fully saturated rings. The Balaban J connectivity index is 1.61. The van der Waals surface area contributed by atoms with Crippen molar-refractivity contribution in [3.63, 3.8) is 0 Å². The molecule has 160 valence electrons. The van der Waals surface area contributed by atoms with Gasteiger partial charge in [0.1, 0.15) is 5.01 Å². The highest BCUT2D eigenvalue weighted by molar-refractivity contribution is 7.11. The van der Waals surface area contributed by atoms with Crippen LogP contribution in [0.4, 0.5) is 0 Å². The van der Waals surface area contributed by atoms with Crippen LogP contribution in [0.2, 0.25) is 0 Å². The predicted octanol–water partition coefficient (Wildman–Crippen LogP) is 5.17. The van der Waals surface area contributed by atoms with Crippen molar-refractivity contribution in [3.05, 3.63) is 21.4 Å². The Morgan fingerprint density at radius 1 is 1.10 bits per heavy atom. The molecule has 2 unspecified atom stereocenters. The molecule has 0 aromatic carbocycles. The van der Waals surface area contributed by atoms with Gasteiger partial charge < -0.3 is 5.32 Å². The van der Waals surface area contributed by atoms with Crippen LogP contribution in [0.5, 0.6) is 0 Å². The van der Waals surface area contributed by atoms with Gasteiger partial charge in [0.05, 0.1) is 17.8 Å². The van der Waals surface area contributed by atoms with Crippen LogP contribution in [0.15, 0.2) is 0 Å². The zero-order valence-corrected chi connectivity index (χ0v) is 19.1. The van der Waals surface area contributed by atoms with E-state index in [2.05, 4.69) is 46.3 Å². The highest BCUT2D eigenvalue weighted by atomic mass is 32.1. The second-order valence-corrected chi connectivity index (χ2v) is 10.2. The summed E-state index contributed by atoms with van der Waals surface area (Å²) >= 11 is 1.91. The van der Waals surface area contributed by atoms with E-state index in [4.69, 9.17) is 4.98 Å². The molecule has 6 nitrogen and oxygen atoms in total. The van der Waals surface area contributed by atoms with Gasteiger partial charge in [0, 0.05) is 11.4 Å². The summed E-state index contributed by atoms with van der Waals surface area (Å²) in [6, 6.07) is 0.492. The maximum atomic E-state index is 4.97. The Labute approximate surface area is 178 Å². The smallest absolute Gasteiger partial charge is 0.169 e.